The van der Waals surface area contributed by atoms with E-state index in [4.69, 9.17) is 0 Å². The van der Waals surface area contributed by atoms with Crippen LogP contribution in [-0.2, 0) is 5.41 Å². The molecule has 12 rings (SSSR count). The minimum absolute atomic E-state index is 0.476. The minimum atomic E-state index is -0.476. The summed E-state index contributed by atoms with van der Waals surface area (Å²) in [6.45, 7) is 0. The molecule has 3 nitrogen and oxygen atoms in total. The van der Waals surface area contributed by atoms with Gasteiger partial charge in [0.05, 0.1) is 33.8 Å². The van der Waals surface area contributed by atoms with Gasteiger partial charge in [0.2, 0.25) is 0 Å². The quantitative estimate of drug-likeness (QED) is 0.187. The Morgan fingerprint density at radius 3 is 1.77 bits per heavy atom. The fourth-order valence-corrected chi connectivity index (χ4v) is 10.1. The molecule has 8 aromatic carbocycles. The highest BCUT2D eigenvalue weighted by Gasteiger charge is 2.53. The first kappa shape index (κ1) is 28.5. The monoisotopic (exact) mass is 671 g/mol. The number of fused-ring (bicyclic) bond motifs is 13. The van der Waals surface area contributed by atoms with Gasteiger partial charge in [0.25, 0.3) is 0 Å². The maximum Gasteiger partial charge on any atom is 0.0998 e. The van der Waals surface area contributed by atoms with E-state index in [0.29, 0.717) is 5.56 Å². The van der Waals surface area contributed by atoms with Gasteiger partial charge in [-0.25, -0.2) is 0 Å². The molecule has 3 heteroatoms. The summed E-state index contributed by atoms with van der Waals surface area (Å²) in [7, 11) is 0. The van der Waals surface area contributed by atoms with Crippen LogP contribution < -0.4 is 4.90 Å². The molecule has 9 aromatic rings. The molecule has 3 aliphatic rings. The van der Waals surface area contributed by atoms with Crippen molar-refractivity contribution in [2.24, 2.45) is 0 Å². The molecule has 1 spiro atoms. The second-order valence-electron chi connectivity index (χ2n) is 14.3. The normalized spacial score (nSPS) is 13.4. The van der Waals surface area contributed by atoms with Crippen LogP contribution in [0, 0.1) is 11.3 Å². The van der Waals surface area contributed by atoms with Crippen molar-refractivity contribution in [3.8, 4) is 45.1 Å². The highest BCUT2D eigenvalue weighted by atomic mass is 15.1. The number of hydrogen-bond donors (Lipinski definition) is 0. The van der Waals surface area contributed by atoms with Crippen molar-refractivity contribution in [2.45, 2.75) is 5.41 Å². The number of benzene rings is 8. The number of aromatic nitrogens is 1. The maximum atomic E-state index is 10.5. The number of nitriles is 1. The molecule has 53 heavy (non-hydrogen) atoms. The van der Waals surface area contributed by atoms with E-state index >= 15 is 0 Å². The highest BCUT2D eigenvalue weighted by Crippen LogP contribution is 2.66. The predicted octanol–water partition coefficient (Wildman–Crippen LogP) is 12.4. The second kappa shape index (κ2) is 10.2. The summed E-state index contributed by atoms with van der Waals surface area (Å²) in [6.07, 6.45) is 0. The van der Waals surface area contributed by atoms with Crippen molar-refractivity contribution < 1.29 is 0 Å². The zero-order chi connectivity index (χ0) is 34.8. The van der Waals surface area contributed by atoms with Crippen molar-refractivity contribution in [1.82, 2.24) is 4.57 Å². The van der Waals surface area contributed by atoms with E-state index < -0.39 is 5.41 Å². The van der Waals surface area contributed by atoms with Gasteiger partial charge in [-0.15, -0.1) is 0 Å². The minimum Gasteiger partial charge on any atom is -0.310 e. The molecule has 0 atom stereocenters. The first-order valence-electron chi connectivity index (χ1n) is 18.2. The van der Waals surface area contributed by atoms with Gasteiger partial charge in [-0.2, -0.15) is 5.26 Å². The fraction of sp³-hybridized carbons (Fsp3) is 0.0200. The standard InChI is InChI=1S/C50H29N3/c51-30-31-13-11-24-45-46(31)38-26-27-43-48-47-37(20-12-23-42(47)50(43)40-21-9-7-18-35(40)36-19-8-10-22-41(36)50)39-29-34(25-28-44(39)53(45)49(38)48)52(32-14-3-1-4-15-32)33-16-5-2-6-17-33/h1-29H. The van der Waals surface area contributed by atoms with Crippen LogP contribution in [0.25, 0.3) is 60.9 Å². The van der Waals surface area contributed by atoms with Crippen molar-refractivity contribution in [1.29, 1.82) is 5.26 Å². The van der Waals surface area contributed by atoms with Gasteiger partial charge >= 0.3 is 0 Å². The average molecular weight is 672 g/mol. The van der Waals surface area contributed by atoms with Gasteiger partial charge in [-0.05, 0) is 99.1 Å². The molecule has 2 aliphatic carbocycles. The summed E-state index contributed by atoms with van der Waals surface area (Å²) in [5, 5.41) is 12.6. The van der Waals surface area contributed by atoms with Gasteiger partial charge in [0.1, 0.15) is 0 Å². The third-order valence-corrected chi connectivity index (χ3v) is 11.9. The third kappa shape index (κ3) is 3.43. The molecule has 2 heterocycles. The molecule has 0 radical (unpaired) electrons. The largest absolute Gasteiger partial charge is 0.310 e. The first-order valence-corrected chi connectivity index (χ1v) is 18.2. The lowest BCUT2D eigenvalue weighted by atomic mass is 9.70. The first-order chi connectivity index (χ1) is 26.3. The van der Waals surface area contributed by atoms with Crippen molar-refractivity contribution in [3.05, 3.63) is 204 Å². The Morgan fingerprint density at radius 1 is 0.472 bits per heavy atom. The van der Waals surface area contributed by atoms with Crippen molar-refractivity contribution in [3.63, 3.8) is 0 Å². The zero-order valence-electron chi connectivity index (χ0n) is 28.6. The zero-order valence-corrected chi connectivity index (χ0v) is 28.6. The summed E-state index contributed by atoms with van der Waals surface area (Å²) < 4.78 is 2.45. The molecule has 0 saturated carbocycles. The third-order valence-electron chi connectivity index (χ3n) is 11.9. The van der Waals surface area contributed by atoms with E-state index in [1.54, 1.807) is 0 Å². The second-order valence-corrected chi connectivity index (χ2v) is 14.3. The summed E-state index contributed by atoms with van der Waals surface area (Å²) in [4.78, 5) is 2.34. The van der Waals surface area contributed by atoms with E-state index in [9.17, 15) is 5.26 Å². The topological polar surface area (TPSA) is 32.0 Å². The van der Waals surface area contributed by atoms with Gasteiger partial charge in [-0.3, -0.25) is 0 Å². The number of para-hydroxylation sites is 2. The number of rotatable bonds is 3. The lowest BCUT2D eigenvalue weighted by Gasteiger charge is -2.31. The Bertz CT molecular complexity index is 2990. The number of hydrogen-bond acceptors (Lipinski definition) is 2. The fourth-order valence-electron chi connectivity index (χ4n) is 10.1. The van der Waals surface area contributed by atoms with Gasteiger partial charge in [0.15, 0.2) is 0 Å². The van der Waals surface area contributed by atoms with E-state index in [1.165, 1.54) is 55.6 Å². The van der Waals surface area contributed by atoms with Crippen LogP contribution in [0.2, 0.25) is 0 Å². The Balaban J connectivity index is 1.26. The smallest absolute Gasteiger partial charge is 0.0998 e. The van der Waals surface area contributed by atoms with Gasteiger partial charge in [-0.1, -0.05) is 121 Å². The molecule has 0 saturated heterocycles. The molecule has 0 amide bonds. The lowest BCUT2D eigenvalue weighted by Crippen LogP contribution is -2.25. The Labute approximate surface area is 306 Å². The van der Waals surface area contributed by atoms with Crippen LogP contribution >= 0.6 is 0 Å². The molecule has 0 bridgehead atoms. The lowest BCUT2D eigenvalue weighted by molar-refractivity contribution is 0.794. The number of anilines is 3. The Hall–Kier alpha value is -7.15. The molecular formula is C50H29N3. The molecule has 1 aromatic heterocycles. The predicted molar refractivity (Wildman–Crippen MR) is 215 cm³/mol. The molecule has 0 unspecified atom stereocenters. The van der Waals surface area contributed by atoms with E-state index in [1.807, 2.05) is 12.1 Å². The van der Waals surface area contributed by atoms with Crippen LogP contribution in [0.3, 0.4) is 0 Å². The van der Waals surface area contributed by atoms with Gasteiger partial charge < -0.3 is 9.47 Å². The van der Waals surface area contributed by atoms with E-state index in [-0.39, 0.29) is 0 Å². The van der Waals surface area contributed by atoms with E-state index in [0.717, 1.165) is 44.6 Å². The van der Waals surface area contributed by atoms with Gasteiger partial charge in [0, 0.05) is 39.0 Å². The SMILES string of the molecule is N#Cc1cccc2c1c1ccc3c4c1n2-c1ccc(N(c2ccccc2)c2ccccc2)cc1-c1cccc(c1-4)C31c2ccccc2-c2ccccc21. The molecule has 0 N–H and O–H groups in total. The van der Waals surface area contributed by atoms with Crippen LogP contribution in [-0.4, -0.2) is 4.57 Å². The van der Waals surface area contributed by atoms with Crippen LogP contribution in [0.15, 0.2) is 176 Å². The molecule has 0 fully saturated rings. The summed E-state index contributed by atoms with van der Waals surface area (Å²) in [6, 6.07) is 66.4. The number of nitrogens with zero attached hydrogens (tertiary/aromatic N) is 3. The Morgan fingerprint density at radius 2 is 1.08 bits per heavy atom. The van der Waals surface area contributed by atoms with Crippen LogP contribution in [0.1, 0.15) is 27.8 Å². The van der Waals surface area contributed by atoms with E-state index in [2.05, 4.69) is 179 Å². The molecule has 1 aliphatic heterocycles. The molecule has 244 valence electrons. The van der Waals surface area contributed by atoms with Crippen LogP contribution in [0.5, 0.6) is 0 Å². The van der Waals surface area contributed by atoms with Crippen molar-refractivity contribution >= 4 is 38.9 Å². The van der Waals surface area contributed by atoms with Crippen molar-refractivity contribution in [2.75, 3.05) is 4.90 Å². The average Bonchev–Trinajstić information content (AvgIpc) is 3.80. The highest BCUT2D eigenvalue weighted by molar-refractivity contribution is 6.21. The Kier molecular flexibility index (Phi) is 5.50. The molecular weight excluding hydrogens is 643 g/mol. The maximum absolute atomic E-state index is 10.5. The summed E-state index contributed by atoms with van der Waals surface area (Å²) in [5.74, 6) is 0. The summed E-state index contributed by atoms with van der Waals surface area (Å²) in [5.41, 5.74) is 19.6. The summed E-state index contributed by atoms with van der Waals surface area (Å²) >= 11 is 0. The van der Waals surface area contributed by atoms with Crippen LogP contribution in [0.4, 0.5) is 17.1 Å².